The summed E-state index contributed by atoms with van der Waals surface area (Å²) < 4.78 is 0. The molecule has 4 rings (SSSR count). The highest BCUT2D eigenvalue weighted by atomic mass is 33.1. The second-order valence-corrected chi connectivity index (χ2v) is 23.8. The molecule has 35 nitrogen and oxygen atoms in total. The Kier molecular flexibility index (Phi) is 30.5. The fourth-order valence-corrected chi connectivity index (χ4v) is 11.8. The number of H-pyrrole nitrogens is 1. The number of amides is 12. The molecule has 1 aromatic carbocycles. The van der Waals surface area contributed by atoms with Crippen molar-refractivity contribution in [2.24, 2.45) is 44.4 Å². The third-order valence-corrected chi connectivity index (χ3v) is 16.7. The van der Waals surface area contributed by atoms with Gasteiger partial charge in [-0.1, -0.05) is 60.1 Å². The minimum absolute atomic E-state index is 0.0102. The third kappa shape index (κ3) is 24.1. The molecule has 91 heavy (non-hydrogen) atoms. The maximum absolute atomic E-state index is 14.7. The second-order valence-electron chi connectivity index (χ2n) is 21.3. The average molecular weight is 1320 g/mol. The number of carboxylic acid groups (broad SMARTS) is 1. The molecule has 0 aliphatic carbocycles. The smallest absolute Gasteiger partial charge is 0.305 e. The van der Waals surface area contributed by atoms with Crippen LogP contribution in [0.25, 0.3) is 10.9 Å². The molecule has 2 aliphatic rings. The Morgan fingerprint density at radius 3 is 1.96 bits per heavy atom. The van der Waals surface area contributed by atoms with Gasteiger partial charge >= 0.3 is 5.97 Å². The largest absolute Gasteiger partial charge is 0.481 e. The molecule has 37 heteroatoms. The van der Waals surface area contributed by atoms with E-state index in [9.17, 15) is 72.5 Å². The van der Waals surface area contributed by atoms with Gasteiger partial charge in [0.15, 0.2) is 17.3 Å². The molecule has 11 atom stereocenters. The lowest BCUT2D eigenvalue weighted by Crippen LogP contribution is -2.61. The minimum atomic E-state index is -1.87. The Balaban J connectivity index is 1.76. The molecular weight excluding hydrogens is 1230 g/mol. The van der Waals surface area contributed by atoms with Gasteiger partial charge < -0.3 is 108 Å². The highest BCUT2D eigenvalue weighted by molar-refractivity contribution is 8.77. The number of para-hydroxylation sites is 1. The van der Waals surface area contributed by atoms with Gasteiger partial charge in [-0.2, -0.15) is 0 Å². The topological polar surface area (TPSA) is 583 Å². The molecule has 2 aliphatic heterocycles. The van der Waals surface area contributed by atoms with E-state index in [4.69, 9.17) is 34.4 Å². The number of carboxylic acids is 1. The summed E-state index contributed by atoms with van der Waals surface area (Å²) in [7, 11) is 1.33. The van der Waals surface area contributed by atoms with E-state index in [1.807, 2.05) is 0 Å². The Hall–Kier alpha value is -8.97. The molecule has 25 N–H and O–H groups in total. The first-order valence-electron chi connectivity index (χ1n) is 29.3. The van der Waals surface area contributed by atoms with Crippen molar-refractivity contribution in [3.8, 4) is 0 Å². The van der Waals surface area contributed by atoms with Gasteiger partial charge in [0.25, 0.3) is 5.91 Å². The number of guanidine groups is 2. The van der Waals surface area contributed by atoms with E-state index in [2.05, 4.69) is 68.1 Å². The summed E-state index contributed by atoms with van der Waals surface area (Å²) >= 11 is 0. The average Bonchev–Trinajstić information content (AvgIpc) is 1.87. The zero-order chi connectivity index (χ0) is 67.5. The summed E-state index contributed by atoms with van der Waals surface area (Å²) in [5.74, 6) is -14.1. The zero-order valence-electron chi connectivity index (χ0n) is 50.6. The molecule has 12 amide bonds. The Labute approximate surface area is 531 Å². The number of fused-ring (bicyclic) bond motifs is 2. The van der Waals surface area contributed by atoms with Crippen molar-refractivity contribution < 1.29 is 72.5 Å². The summed E-state index contributed by atoms with van der Waals surface area (Å²) in [6.07, 6.45) is -0.653. The molecule has 2 aromatic rings. The Bertz CT molecular complexity index is 2970. The van der Waals surface area contributed by atoms with Gasteiger partial charge in [0.1, 0.15) is 60.4 Å². The van der Waals surface area contributed by atoms with Crippen LogP contribution in [-0.2, 0) is 68.7 Å². The lowest BCUT2D eigenvalue weighted by molar-refractivity contribution is -0.146. The van der Waals surface area contributed by atoms with Gasteiger partial charge in [0, 0.05) is 43.0 Å². The first-order valence-corrected chi connectivity index (χ1v) is 31.7. The predicted octanol–water partition coefficient (Wildman–Crippen LogP) is -6.85. The molecular formula is C54H84N20O15S2. The molecule has 0 radical (unpaired) electrons. The third-order valence-electron chi connectivity index (χ3n) is 14.2. The number of aromatic amines is 1. The van der Waals surface area contributed by atoms with Crippen molar-refractivity contribution in [2.45, 2.75) is 157 Å². The number of carbonyl (C=O) groups is 13. The first-order chi connectivity index (χ1) is 43.2. The van der Waals surface area contributed by atoms with E-state index >= 15 is 0 Å². The van der Waals surface area contributed by atoms with Crippen LogP contribution in [-0.4, -0.2) is 213 Å². The van der Waals surface area contributed by atoms with Crippen LogP contribution < -0.4 is 87.6 Å². The second kappa shape index (κ2) is 37.3. The first kappa shape index (κ1) is 74.5. The number of aromatic nitrogens is 1. The van der Waals surface area contributed by atoms with E-state index in [0.29, 0.717) is 28.4 Å². The molecule has 502 valence electrons. The van der Waals surface area contributed by atoms with Crippen LogP contribution in [0.2, 0.25) is 0 Å². The van der Waals surface area contributed by atoms with Crippen molar-refractivity contribution in [3.63, 3.8) is 0 Å². The number of primary amides is 1. The number of carbonyl (C=O) groups excluding carboxylic acids is 12. The van der Waals surface area contributed by atoms with E-state index in [-0.39, 0.29) is 89.3 Å². The monoisotopic (exact) mass is 1320 g/mol. The standard InChI is InChI=1S/C54H84N20O15S2/c1-4-11-31(41(56)79)67-44(82)32(14-8-17-61-53(57)58)68-46(84)34(21-28-20-27-12-6-7-13-30(27)64-28)70-42(80)26(3)63-50(88)51-73-45(83)33(15-9-18-62-54(59)60)69-49(87)38-16-10-19-74(38)52(89)35(22-40(77)78)71-47(85)36(24-75)72-43(81)29(5-2)66-48(86)37(25-90-91-51)65-39(76)23-55/h6-7,12-13,20,26,29,31-38,51,64,75H,4-5,8-11,14-19,21-25,55H2,1-3H3,(H2,56,79)(H,63,88)(H,65,76)(H,66,86)(H,67,82)(H,68,84)(H,69,87)(H,70,80)(H,71,85)(H,72,81)(H,73,83)(H,77,78)(H4,57,58,61)(H4,59,60,62)/t26-,29?,31-,32-,33-,34-,35-,36-,37-,38?,51?/m0/s1. The highest BCUT2D eigenvalue weighted by Gasteiger charge is 2.42. The maximum atomic E-state index is 14.7. The van der Waals surface area contributed by atoms with Crippen LogP contribution in [0, 0.1) is 0 Å². The Morgan fingerprint density at radius 1 is 0.725 bits per heavy atom. The summed E-state index contributed by atoms with van der Waals surface area (Å²) in [6, 6.07) is -6.19. The summed E-state index contributed by atoms with van der Waals surface area (Å²) in [4.78, 5) is 191. The lowest BCUT2D eigenvalue weighted by atomic mass is 10.1. The maximum Gasteiger partial charge on any atom is 0.305 e. The van der Waals surface area contributed by atoms with E-state index in [1.54, 1.807) is 37.3 Å². The number of aliphatic hydroxyl groups is 1. The number of aliphatic imine (C=N–C) groups is 2. The minimum Gasteiger partial charge on any atom is -0.481 e. The van der Waals surface area contributed by atoms with Crippen molar-refractivity contribution in [1.82, 2.24) is 63.1 Å². The van der Waals surface area contributed by atoms with E-state index in [1.165, 1.54) is 13.8 Å². The summed E-state index contributed by atoms with van der Waals surface area (Å²) in [5, 5.41) is 44.0. The molecule has 0 bridgehead atoms. The van der Waals surface area contributed by atoms with Gasteiger partial charge in [0.2, 0.25) is 65.0 Å². The van der Waals surface area contributed by atoms with Crippen LogP contribution in [0.3, 0.4) is 0 Å². The molecule has 3 unspecified atom stereocenters. The van der Waals surface area contributed by atoms with Crippen molar-refractivity contribution in [1.29, 1.82) is 0 Å². The zero-order valence-corrected chi connectivity index (χ0v) is 52.2. The van der Waals surface area contributed by atoms with Crippen molar-refractivity contribution in [3.05, 3.63) is 36.0 Å². The summed E-state index contributed by atoms with van der Waals surface area (Å²) in [6.45, 7) is 2.65. The number of aliphatic hydroxyl groups excluding tert-OH is 1. The van der Waals surface area contributed by atoms with E-state index in [0.717, 1.165) is 21.1 Å². The highest BCUT2D eigenvalue weighted by Crippen LogP contribution is 2.28. The number of hydrogen-bond donors (Lipinski definition) is 19. The van der Waals surface area contributed by atoms with Gasteiger partial charge in [-0.25, -0.2) is 0 Å². The normalized spacial score (nSPS) is 21.7. The van der Waals surface area contributed by atoms with Crippen LogP contribution in [0.15, 0.2) is 40.3 Å². The van der Waals surface area contributed by atoms with Gasteiger partial charge in [0.05, 0.1) is 19.6 Å². The SMILES string of the molecule is CCC[C@H](NC(=O)[C@H](CCCN=C(N)N)NC(=O)[C@H](Cc1cc2ccccc2[nH]1)NC(=O)[C@H](C)NC(=O)C1NC(=O)[C@H](CCCN=C(N)N)NC(=O)C2CCCN2C(=O)[C@H](CC(=O)O)NC(=O)[C@H](CO)NC(=O)C(CC)NC(=O)[C@@H](NC(=O)CN)CSS1)C(N)=O. The molecule has 2 fully saturated rings. The van der Waals surface area contributed by atoms with Crippen LogP contribution >= 0.6 is 21.6 Å². The fourth-order valence-electron chi connectivity index (χ4n) is 9.47. The number of rotatable bonds is 27. The number of nitrogens with zero attached hydrogens (tertiary/aromatic N) is 3. The molecule has 2 saturated heterocycles. The van der Waals surface area contributed by atoms with E-state index < -0.39 is 168 Å². The Morgan fingerprint density at radius 2 is 1.33 bits per heavy atom. The number of hydrogen-bond acceptors (Lipinski definition) is 19. The van der Waals surface area contributed by atoms with Gasteiger partial charge in [-0.05, 0) is 75.8 Å². The van der Waals surface area contributed by atoms with Crippen molar-refractivity contribution >= 4 is 121 Å². The van der Waals surface area contributed by atoms with Gasteiger partial charge in [-0.15, -0.1) is 0 Å². The lowest BCUT2D eigenvalue weighted by Gasteiger charge is -2.30. The molecule has 0 saturated carbocycles. The predicted molar refractivity (Wildman–Crippen MR) is 334 cm³/mol. The number of aliphatic carboxylic acids is 1. The summed E-state index contributed by atoms with van der Waals surface area (Å²) in [5.41, 5.74) is 34.4. The van der Waals surface area contributed by atoms with Crippen LogP contribution in [0.5, 0.6) is 0 Å². The molecule has 3 heterocycles. The van der Waals surface area contributed by atoms with Crippen LogP contribution in [0.4, 0.5) is 0 Å². The van der Waals surface area contributed by atoms with Gasteiger partial charge in [-0.3, -0.25) is 72.3 Å². The molecule has 0 spiro atoms. The number of nitrogens with one attached hydrogen (secondary N) is 11. The number of benzene rings is 1. The quantitative estimate of drug-likeness (QED) is 0.0171. The number of nitrogens with two attached hydrogens (primary N) is 6. The van der Waals surface area contributed by atoms with Crippen LogP contribution in [0.1, 0.15) is 90.7 Å². The molecule has 1 aromatic heterocycles. The van der Waals surface area contributed by atoms with Crippen molar-refractivity contribution in [2.75, 3.05) is 38.5 Å². The fraction of sp³-hybridized carbons (Fsp3) is 0.574.